The van der Waals surface area contributed by atoms with Gasteiger partial charge in [-0.2, -0.15) is 13.2 Å². The molecule has 0 aliphatic rings. The molecule has 0 saturated carbocycles. The minimum Gasteiger partial charge on any atom is -0.492 e. The van der Waals surface area contributed by atoms with Crippen molar-refractivity contribution < 1.29 is 17.9 Å². The highest BCUT2D eigenvalue weighted by molar-refractivity contribution is 5.21. The van der Waals surface area contributed by atoms with Gasteiger partial charge in [-0.3, -0.25) is 4.98 Å². The topological polar surface area (TPSA) is 34.1 Å². The van der Waals surface area contributed by atoms with E-state index in [1.165, 1.54) is 6.20 Å². The smallest absolute Gasteiger partial charge is 0.392 e. The molecule has 1 aromatic heterocycles. The molecular formula is C13H19F3N2O. The van der Waals surface area contributed by atoms with E-state index < -0.39 is 12.6 Å². The largest absolute Gasteiger partial charge is 0.492 e. The Kier molecular flexibility index (Phi) is 6.08. The van der Waals surface area contributed by atoms with Crippen molar-refractivity contribution in [3.05, 3.63) is 24.0 Å². The van der Waals surface area contributed by atoms with Crippen LogP contribution in [0.25, 0.3) is 0 Å². The molecule has 1 unspecified atom stereocenters. The van der Waals surface area contributed by atoms with Crippen LogP contribution in [0.15, 0.2) is 18.3 Å². The normalized spacial score (nSPS) is 13.3. The maximum Gasteiger partial charge on any atom is 0.392 e. The fraction of sp³-hybridized carbons (Fsp3) is 0.615. The lowest BCUT2D eigenvalue weighted by atomic mass is 10.1. The van der Waals surface area contributed by atoms with Crippen LogP contribution < -0.4 is 10.1 Å². The van der Waals surface area contributed by atoms with E-state index in [0.717, 1.165) is 18.7 Å². The van der Waals surface area contributed by atoms with Crippen molar-refractivity contribution in [3.63, 3.8) is 0 Å². The molecule has 1 heterocycles. The van der Waals surface area contributed by atoms with E-state index in [1.54, 1.807) is 12.1 Å². The molecule has 0 saturated heterocycles. The van der Waals surface area contributed by atoms with Gasteiger partial charge in [0, 0.05) is 6.04 Å². The molecule has 1 rings (SSSR count). The third-order valence-corrected chi connectivity index (χ3v) is 2.63. The third kappa shape index (κ3) is 5.92. The van der Waals surface area contributed by atoms with Gasteiger partial charge in [0.15, 0.2) is 0 Å². The first-order chi connectivity index (χ1) is 8.96. The monoisotopic (exact) mass is 276 g/mol. The molecule has 3 nitrogen and oxygen atoms in total. The van der Waals surface area contributed by atoms with Crippen molar-refractivity contribution in [2.24, 2.45) is 0 Å². The fourth-order valence-corrected chi connectivity index (χ4v) is 1.67. The highest BCUT2D eigenvalue weighted by Gasteiger charge is 2.26. The van der Waals surface area contributed by atoms with Crippen LogP contribution in [-0.2, 0) is 0 Å². The van der Waals surface area contributed by atoms with Crippen LogP contribution in [0.5, 0.6) is 5.75 Å². The van der Waals surface area contributed by atoms with E-state index in [9.17, 15) is 13.2 Å². The van der Waals surface area contributed by atoms with Crippen LogP contribution in [-0.4, -0.2) is 24.3 Å². The molecule has 1 aromatic rings. The minimum absolute atomic E-state index is 0.161. The highest BCUT2D eigenvalue weighted by atomic mass is 19.4. The first kappa shape index (κ1) is 15.8. The number of ether oxygens (including phenoxy) is 1. The molecule has 6 heteroatoms. The van der Waals surface area contributed by atoms with Gasteiger partial charge in [-0.25, -0.2) is 0 Å². The zero-order valence-corrected chi connectivity index (χ0v) is 11.1. The molecule has 0 aromatic carbocycles. The minimum atomic E-state index is -4.19. The van der Waals surface area contributed by atoms with Gasteiger partial charge in [0.2, 0.25) is 0 Å². The molecule has 108 valence electrons. The second-order valence-electron chi connectivity index (χ2n) is 4.15. The average molecular weight is 276 g/mol. The van der Waals surface area contributed by atoms with Gasteiger partial charge in [-0.15, -0.1) is 0 Å². The van der Waals surface area contributed by atoms with E-state index in [2.05, 4.69) is 10.3 Å². The van der Waals surface area contributed by atoms with Crippen LogP contribution in [0.3, 0.4) is 0 Å². The standard InChI is InChI=1S/C13H19F3N2O/c1-3-11(17-4-2)12-6-5-10(9-18-12)19-8-7-13(14,15)16/h5-6,9,11,17H,3-4,7-8H2,1-2H3. The first-order valence-corrected chi connectivity index (χ1v) is 6.35. The quantitative estimate of drug-likeness (QED) is 0.828. The summed E-state index contributed by atoms with van der Waals surface area (Å²) in [6.07, 6.45) is -2.78. The molecule has 19 heavy (non-hydrogen) atoms. The van der Waals surface area contributed by atoms with Crippen molar-refractivity contribution in [2.75, 3.05) is 13.2 Å². The van der Waals surface area contributed by atoms with Crippen LogP contribution in [0.2, 0.25) is 0 Å². The van der Waals surface area contributed by atoms with E-state index in [4.69, 9.17) is 4.74 Å². The number of pyridine rings is 1. The molecule has 0 aliphatic heterocycles. The maximum absolute atomic E-state index is 12.0. The summed E-state index contributed by atoms with van der Waals surface area (Å²) in [5.41, 5.74) is 0.868. The summed E-state index contributed by atoms with van der Waals surface area (Å²) in [5, 5.41) is 3.28. The van der Waals surface area contributed by atoms with Gasteiger partial charge in [0.1, 0.15) is 5.75 Å². The number of aromatic nitrogens is 1. The molecule has 0 fully saturated rings. The predicted octanol–water partition coefficient (Wildman–Crippen LogP) is 3.47. The number of rotatable bonds is 7. The molecule has 0 amide bonds. The molecule has 1 atom stereocenters. The van der Waals surface area contributed by atoms with Crippen molar-refractivity contribution in [3.8, 4) is 5.75 Å². The van der Waals surface area contributed by atoms with Crippen LogP contribution >= 0.6 is 0 Å². The van der Waals surface area contributed by atoms with Crippen LogP contribution in [0.1, 0.15) is 38.4 Å². The third-order valence-electron chi connectivity index (χ3n) is 2.63. The second kappa shape index (κ2) is 7.33. The van der Waals surface area contributed by atoms with Gasteiger partial charge in [0.05, 0.1) is 24.9 Å². The highest BCUT2D eigenvalue weighted by Crippen LogP contribution is 2.21. The lowest BCUT2D eigenvalue weighted by molar-refractivity contribution is -0.139. The van der Waals surface area contributed by atoms with Crippen molar-refractivity contribution >= 4 is 0 Å². The molecule has 0 bridgehead atoms. The van der Waals surface area contributed by atoms with Gasteiger partial charge in [-0.1, -0.05) is 13.8 Å². The zero-order valence-electron chi connectivity index (χ0n) is 11.1. The second-order valence-corrected chi connectivity index (χ2v) is 4.15. The van der Waals surface area contributed by atoms with E-state index >= 15 is 0 Å². The van der Waals surface area contributed by atoms with Crippen molar-refractivity contribution in [2.45, 2.75) is 38.9 Å². The number of nitrogens with one attached hydrogen (secondary N) is 1. The summed E-state index contributed by atoms with van der Waals surface area (Å²) in [4.78, 5) is 4.21. The van der Waals surface area contributed by atoms with Crippen LogP contribution in [0, 0.1) is 0 Å². The molecule has 1 N–H and O–H groups in total. The molecular weight excluding hydrogens is 257 g/mol. The van der Waals surface area contributed by atoms with Gasteiger partial charge >= 0.3 is 6.18 Å². The Balaban J connectivity index is 2.51. The number of hydrogen-bond donors (Lipinski definition) is 1. The molecule has 0 radical (unpaired) electrons. The maximum atomic E-state index is 12.0. The van der Waals surface area contributed by atoms with Crippen molar-refractivity contribution in [1.82, 2.24) is 10.3 Å². The van der Waals surface area contributed by atoms with Gasteiger partial charge < -0.3 is 10.1 Å². The summed E-state index contributed by atoms with van der Waals surface area (Å²) >= 11 is 0. The summed E-state index contributed by atoms with van der Waals surface area (Å²) in [5.74, 6) is 0.361. The Morgan fingerprint density at radius 3 is 2.53 bits per heavy atom. The Bertz CT molecular complexity index is 365. The number of alkyl halides is 3. The van der Waals surface area contributed by atoms with E-state index in [0.29, 0.717) is 5.75 Å². The molecule has 0 aliphatic carbocycles. The Morgan fingerprint density at radius 2 is 2.05 bits per heavy atom. The fourth-order valence-electron chi connectivity index (χ4n) is 1.67. The summed E-state index contributed by atoms with van der Waals surface area (Å²) in [7, 11) is 0. The van der Waals surface area contributed by atoms with Crippen molar-refractivity contribution in [1.29, 1.82) is 0 Å². The van der Waals surface area contributed by atoms with Gasteiger partial charge in [0.25, 0.3) is 0 Å². The Morgan fingerprint density at radius 1 is 1.32 bits per heavy atom. The van der Waals surface area contributed by atoms with E-state index in [1.807, 2.05) is 13.8 Å². The molecule has 0 spiro atoms. The summed E-state index contributed by atoms with van der Waals surface area (Å²) in [6, 6.07) is 3.59. The summed E-state index contributed by atoms with van der Waals surface area (Å²) in [6.45, 7) is 4.51. The Labute approximate surface area is 111 Å². The predicted molar refractivity (Wildman–Crippen MR) is 67.1 cm³/mol. The van der Waals surface area contributed by atoms with Gasteiger partial charge in [-0.05, 0) is 25.1 Å². The Hall–Kier alpha value is -1.30. The first-order valence-electron chi connectivity index (χ1n) is 6.35. The lowest BCUT2D eigenvalue weighted by Gasteiger charge is -2.15. The number of hydrogen-bond acceptors (Lipinski definition) is 3. The van der Waals surface area contributed by atoms with E-state index in [-0.39, 0.29) is 12.6 Å². The zero-order chi connectivity index (χ0) is 14.3. The average Bonchev–Trinajstić information content (AvgIpc) is 2.35. The number of nitrogens with zero attached hydrogens (tertiary/aromatic N) is 1. The lowest BCUT2D eigenvalue weighted by Crippen LogP contribution is -2.21. The summed E-state index contributed by atoms with van der Waals surface area (Å²) < 4.78 is 40.9. The SMILES string of the molecule is CCNC(CC)c1ccc(OCCC(F)(F)F)cn1. The van der Waals surface area contributed by atoms with Crippen LogP contribution in [0.4, 0.5) is 13.2 Å². The number of halogens is 3.